The number of halogens is 4. The van der Waals surface area contributed by atoms with E-state index in [1.807, 2.05) is 0 Å². The lowest BCUT2D eigenvalue weighted by atomic mass is 9.95. The summed E-state index contributed by atoms with van der Waals surface area (Å²) >= 11 is 18.1. The van der Waals surface area contributed by atoms with Crippen LogP contribution in [-0.2, 0) is 26.2 Å². The minimum Gasteiger partial charge on any atom is -0.352 e. The number of carbonyl (C=O) groups excluding carboxylic acids is 2. The first-order chi connectivity index (χ1) is 17.9. The molecule has 0 heterocycles. The third kappa shape index (κ3) is 7.97. The SMILES string of the molecule is CC[C@H](C(=O)NC1CCCCC1)N(Cc1ccc(Cl)c(Cl)c1)C(=O)CN(c1ccc(F)c(Cl)c1)S(C)(=O)=O. The number of amides is 2. The zero-order valence-corrected chi connectivity index (χ0v) is 24.3. The van der Waals surface area contributed by atoms with E-state index in [-0.39, 0.29) is 34.2 Å². The van der Waals surface area contributed by atoms with Crippen LogP contribution in [-0.4, -0.2) is 50.0 Å². The minimum absolute atomic E-state index is 0.00586. The Kier molecular flexibility index (Phi) is 10.7. The van der Waals surface area contributed by atoms with Gasteiger partial charge in [-0.05, 0) is 55.2 Å². The summed E-state index contributed by atoms with van der Waals surface area (Å²) in [6.45, 7) is 1.16. The molecule has 208 valence electrons. The van der Waals surface area contributed by atoms with E-state index in [2.05, 4.69) is 5.32 Å². The number of anilines is 1. The quantitative estimate of drug-likeness (QED) is 0.370. The summed E-state index contributed by atoms with van der Waals surface area (Å²) < 4.78 is 39.9. The first kappa shape index (κ1) is 30.5. The Morgan fingerprint density at radius 1 is 1.03 bits per heavy atom. The lowest BCUT2D eigenvalue weighted by molar-refractivity contribution is -0.140. The number of nitrogens with one attached hydrogen (secondary N) is 1. The van der Waals surface area contributed by atoms with Crippen LogP contribution in [0.1, 0.15) is 51.0 Å². The summed E-state index contributed by atoms with van der Waals surface area (Å²) in [5.74, 6) is -1.64. The monoisotopic (exact) mass is 605 g/mol. The normalized spacial score (nSPS) is 15.1. The average molecular weight is 607 g/mol. The van der Waals surface area contributed by atoms with Crippen LogP contribution in [0.2, 0.25) is 15.1 Å². The number of sulfonamides is 1. The zero-order valence-electron chi connectivity index (χ0n) is 21.2. The Balaban J connectivity index is 1.94. The van der Waals surface area contributed by atoms with E-state index in [1.165, 1.54) is 11.0 Å². The number of rotatable bonds is 10. The molecule has 1 atom stereocenters. The molecule has 2 amide bonds. The van der Waals surface area contributed by atoms with Crippen molar-refractivity contribution in [2.45, 2.75) is 64.1 Å². The molecule has 0 bridgehead atoms. The lowest BCUT2D eigenvalue weighted by Crippen LogP contribution is -2.53. The van der Waals surface area contributed by atoms with E-state index in [4.69, 9.17) is 34.8 Å². The highest BCUT2D eigenvalue weighted by molar-refractivity contribution is 7.92. The fourth-order valence-electron chi connectivity index (χ4n) is 4.55. The second-order valence-corrected chi connectivity index (χ2v) is 12.5. The highest BCUT2D eigenvalue weighted by atomic mass is 35.5. The number of nitrogens with zero attached hydrogens (tertiary/aromatic N) is 2. The second-order valence-electron chi connectivity index (χ2n) is 9.41. The fraction of sp³-hybridized carbons (Fsp3) is 0.462. The molecule has 0 saturated heterocycles. The molecule has 0 spiro atoms. The van der Waals surface area contributed by atoms with Gasteiger partial charge in [-0.1, -0.05) is 67.1 Å². The van der Waals surface area contributed by atoms with Crippen LogP contribution in [0.4, 0.5) is 10.1 Å². The van der Waals surface area contributed by atoms with E-state index in [0.717, 1.165) is 54.8 Å². The molecule has 1 fully saturated rings. The fourth-order valence-corrected chi connectivity index (χ4v) is 5.89. The average Bonchev–Trinajstić information content (AvgIpc) is 2.86. The van der Waals surface area contributed by atoms with Gasteiger partial charge in [-0.2, -0.15) is 0 Å². The first-order valence-electron chi connectivity index (χ1n) is 12.4. The predicted molar refractivity (Wildman–Crippen MR) is 150 cm³/mol. The van der Waals surface area contributed by atoms with E-state index in [0.29, 0.717) is 17.0 Å². The second kappa shape index (κ2) is 13.3. The van der Waals surface area contributed by atoms with Gasteiger partial charge in [-0.25, -0.2) is 12.8 Å². The van der Waals surface area contributed by atoms with Crippen molar-refractivity contribution in [2.75, 3.05) is 17.1 Å². The Morgan fingerprint density at radius 3 is 2.29 bits per heavy atom. The molecule has 2 aromatic carbocycles. The van der Waals surface area contributed by atoms with Crippen molar-refractivity contribution < 1.29 is 22.4 Å². The van der Waals surface area contributed by atoms with Gasteiger partial charge in [0.05, 0.1) is 27.0 Å². The van der Waals surface area contributed by atoms with Gasteiger partial charge in [0.15, 0.2) is 0 Å². The molecule has 1 aliphatic carbocycles. The van der Waals surface area contributed by atoms with E-state index < -0.39 is 34.3 Å². The molecule has 1 N–H and O–H groups in total. The molecule has 0 unspecified atom stereocenters. The van der Waals surface area contributed by atoms with Crippen LogP contribution in [0.3, 0.4) is 0 Å². The molecule has 2 aromatic rings. The van der Waals surface area contributed by atoms with Crippen molar-refractivity contribution in [1.29, 1.82) is 0 Å². The molecule has 0 aromatic heterocycles. The third-order valence-corrected chi connectivity index (χ3v) is 8.71. The Bertz CT molecular complexity index is 1270. The van der Waals surface area contributed by atoms with Crippen molar-refractivity contribution in [3.05, 3.63) is 62.8 Å². The van der Waals surface area contributed by atoms with Gasteiger partial charge in [0.1, 0.15) is 18.4 Å². The van der Waals surface area contributed by atoms with Gasteiger partial charge in [0, 0.05) is 12.6 Å². The van der Waals surface area contributed by atoms with Gasteiger partial charge in [0.2, 0.25) is 21.8 Å². The molecule has 0 radical (unpaired) electrons. The van der Waals surface area contributed by atoms with Crippen LogP contribution in [0.5, 0.6) is 0 Å². The maximum absolute atomic E-state index is 13.8. The predicted octanol–water partition coefficient (Wildman–Crippen LogP) is 5.81. The van der Waals surface area contributed by atoms with Gasteiger partial charge < -0.3 is 10.2 Å². The largest absolute Gasteiger partial charge is 0.352 e. The maximum Gasteiger partial charge on any atom is 0.244 e. The number of benzene rings is 2. The number of hydrogen-bond acceptors (Lipinski definition) is 4. The van der Waals surface area contributed by atoms with Crippen molar-refractivity contribution in [1.82, 2.24) is 10.2 Å². The zero-order chi connectivity index (χ0) is 28.0. The molecule has 1 aliphatic rings. The van der Waals surface area contributed by atoms with Gasteiger partial charge in [-0.3, -0.25) is 13.9 Å². The van der Waals surface area contributed by atoms with Crippen molar-refractivity contribution in [2.24, 2.45) is 0 Å². The van der Waals surface area contributed by atoms with Gasteiger partial charge >= 0.3 is 0 Å². The molecule has 12 heteroatoms. The number of hydrogen-bond donors (Lipinski definition) is 1. The van der Waals surface area contributed by atoms with E-state index in [1.54, 1.807) is 25.1 Å². The molecule has 1 saturated carbocycles. The molecular weight excluding hydrogens is 576 g/mol. The summed E-state index contributed by atoms with van der Waals surface area (Å²) in [6.07, 6.45) is 6.15. The highest BCUT2D eigenvalue weighted by Gasteiger charge is 2.33. The molecular formula is C26H31Cl3FN3O4S. The van der Waals surface area contributed by atoms with Crippen LogP contribution >= 0.6 is 34.8 Å². The van der Waals surface area contributed by atoms with Crippen LogP contribution < -0.4 is 9.62 Å². The summed E-state index contributed by atoms with van der Waals surface area (Å²) in [5.41, 5.74) is 0.647. The first-order valence-corrected chi connectivity index (χ1v) is 15.4. The lowest BCUT2D eigenvalue weighted by Gasteiger charge is -2.34. The van der Waals surface area contributed by atoms with Crippen LogP contribution in [0, 0.1) is 5.82 Å². The molecule has 7 nitrogen and oxygen atoms in total. The Hall–Kier alpha value is -2.07. The van der Waals surface area contributed by atoms with E-state index >= 15 is 0 Å². The molecule has 38 heavy (non-hydrogen) atoms. The molecule has 0 aliphatic heterocycles. The summed E-state index contributed by atoms with van der Waals surface area (Å²) in [7, 11) is -3.97. The van der Waals surface area contributed by atoms with E-state index in [9.17, 15) is 22.4 Å². The summed E-state index contributed by atoms with van der Waals surface area (Å²) in [4.78, 5) is 28.5. The maximum atomic E-state index is 13.8. The van der Waals surface area contributed by atoms with Crippen molar-refractivity contribution in [3.8, 4) is 0 Å². The summed E-state index contributed by atoms with van der Waals surface area (Å²) in [6, 6.07) is 7.44. The van der Waals surface area contributed by atoms with Crippen molar-refractivity contribution in [3.63, 3.8) is 0 Å². The highest BCUT2D eigenvalue weighted by Crippen LogP contribution is 2.27. The van der Waals surface area contributed by atoms with Gasteiger partial charge in [-0.15, -0.1) is 0 Å². The Labute approximate surface area is 238 Å². The standard InChI is InChI=1S/C26H31Cl3FN3O4S/c1-3-24(26(35)31-18-7-5-4-6-8-18)32(15-17-9-11-20(27)21(28)13-17)25(34)16-33(38(2,36)37)19-10-12-23(30)22(29)14-19/h9-14,18,24H,3-8,15-16H2,1-2H3,(H,31,35)/t24-/m1/s1. The Morgan fingerprint density at radius 2 is 1.71 bits per heavy atom. The van der Waals surface area contributed by atoms with Crippen LogP contribution in [0.15, 0.2) is 36.4 Å². The topological polar surface area (TPSA) is 86.8 Å². The van der Waals surface area contributed by atoms with Gasteiger partial charge in [0.25, 0.3) is 0 Å². The summed E-state index contributed by atoms with van der Waals surface area (Å²) in [5, 5.41) is 3.41. The van der Waals surface area contributed by atoms with Crippen LogP contribution in [0.25, 0.3) is 0 Å². The number of carbonyl (C=O) groups is 2. The third-order valence-electron chi connectivity index (χ3n) is 6.54. The molecule has 3 rings (SSSR count). The minimum atomic E-state index is -3.97. The van der Waals surface area contributed by atoms with Crippen molar-refractivity contribution >= 4 is 62.3 Å². The smallest absolute Gasteiger partial charge is 0.244 e.